The molecule has 0 saturated heterocycles. The first kappa shape index (κ1) is 14.4. The molecular weight excluding hydrogens is 281 g/mol. The van der Waals surface area contributed by atoms with E-state index < -0.39 is 0 Å². The number of hydrogen-bond donors (Lipinski definition) is 2. The smallest absolute Gasteiger partial charge is 0.0921 e. The molecule has 0 aliphatic rings. The Morgan fingerprint density at radius 2 is 2.16 bits per heavy atom. The van der Waals surface area contributed by atoms with Crippen LogP contribution in [-0.2, 0) is 6.42 Å². The van der Waals surface area contributed by atoms with Gasteiger partial charge >= 0.3 is 0 Å². The molecule has 2 rings (SSSR count). The highest BCUT2D eigenvalue weighted by Gasteiger charge is 2.10. The summed E-state index contributed by atoms with van der Waals surface area (Å²) >= 11 is 12.0. The lowest BCUT2D eigenvalue weighted by atomic mass is 10.0. The number of hydrogen-bond acceptors (Lipinski definition) is 2. The van der Waals surface area contributed by atoms with Crippen molar-refractivity contribution in [1.29, 1.82) is 0 Å². The van der Waals surface area contributed by atoms with E-state index in [9.17, 15) is 0 Å². The number of rotatable bonds is 6. The van der Waals surface area contributed by atoms with Gasteiger partial charge in [0.15, 0.2) is 0 Å². The van der Waals surface area contributed by atoms with Crippen LogP contribution in [0.4, 0.5) is 0 Å². The Hall–Kier alpha value is -1.03. The first-order valence-corrected chi connectivity index (χ1v) is 7.12. The van der Waals surface area contributed by atoms with Crippen LogP contribution >= 0.6 is 23.2 Å². The highest BCUT2D eigenvalue weighted by molar-refractivity contribution is 6.42. The van der Waals surface area contributed by atoms with Gasteiger partial charge in [-0.25, -0.2) is 4.98 Å². The maximum Gasteiger partial charge on any atom is 0.0921 e. The summed E-state index contributed by atoms with van der Waals surface area (Å²) in [7, 11) is 0. The summed E-state index contributed by atoms with van der Waals surface area (Å²) in [5.41, 5.74) is 2.30. The van der Waals surface area contributed by atoms with Gasteiger partial charge in [-0.05, 0) is 24.1 Å². The van der Waals surface area contributed by atoms with Gasteiger partial charge in [-0.2, -0.15) is 0 Å². The molecule has 5 heteroatoms. The molecule has 2 N–H and O–H groups in total. The van der Waals surface area contributed by atoms with Crippen molar-refractivity contribution in [3.63, 3.8) is 0 Å². The molecule has 19 heavy (non-hydrogen) atoms. The van der Waals surface area contributed by atoms with Crippen molar-refractivity contribution < 1.29 is 0 Å². The van der Waals surface area contributed by atoms with Crippen LogP contribution in [-0.4, -0.2) is 16.5 Å². The molecule has 1 atom stereocenters. The van der Waals surface area contributed by atoms with Crippen LogP contribution in [0.1, 0.15) is 30.6 Å². The van der Waals surface area contributed by atoms with E-state index in [1.807, 2.05) is 24.4 Å². The summed E-state index contributed by atoms with van der Waals surface area (Å²) in [5, 5.41) is 4.72. The predicted molar refractivity (Wildman–Crippen MR) is 79.8 cm³/mol. The van der Waals surface area contributed by atoms with E-state index in [2.05, 4.69) is 22.2 Å². The van der Waals surface area contributed by atoms with Gasteiger partial charge < -0.3 is 10.3 Å². The normalized spacial score (nSPS) is 12.6. The fraction of sp³-hybridized carbons (Fsp3) is 0.357. The first-order chi connectivity index (χ1) is 9.20. The van der Waals surface area contributed by atoms with E-state index in [1.54, 1.807) is 6.33 Å². The second-order valence-electron chi connectivity index (χ2n) is 4.42. The molecule has 0 fully saturated rings. The van der Waals surface area contributed by atoms with Gasteiger partial charge in [-0.1, -0.05) is 36.2 Å². The molecule has 0 radical (unpaired) electrons. The van der Waals surface area contributed by atoms with Crippen LogP contribution in [0.5, 0.6) is 0 Å². The van der Waals surface area contributed by atoms with Crippen molar-refractivity contribution in [2.45, 2.75) is 25.8 Å². The third-order valence-electron chi connectivity index (χ3n) is 3.09. The van der Waals surface area contributed by atoms with Crippen molar-refractivity contribution in [1.82, 2.24) is 15.3 Å². The van der Waals surface area contributed by atoms with Crippen LogP contribution in [0.3, 0.4) is 0 Å². The van der Waals surface area contributed by atoms with E-state index in [0.29, 0.717) is 10.0 Å². The Morgan fingerprint density at radius 3 is 2.79 bits per heavy atom. The Morgan fingerprint density at radius 1 is 1.32 bits per heavy atom. The molecule has 0 spiro atoms. The number of imidazole rings is 1. The van der Waals surface area contributed by atoms with E-state index >= 15 is 0 Å². The summed E-state index contributed by atoms with van der Waals surface area (Å²) in [4.78, 5) is 7.10. The van der Waals surface area contributed by atoms with Gasteiger partial charge in [0, 0.05) is 30.9 Å². The summed E-state index contributed by atoms with van der Waals surface area (Å²) in [6.45, 7) is 3.04. The number of nitrogens with zero attached hydrogens (tertiary/aromatic N) is 1. The minimum atomic E-state index is 0.290. The maximum atomic E-state index is 6.06. The van der Waals surface area contributed by atoms with Crippen molar-refractivity contribution in [2.75, 3.05) is 6.54 Å². The maximum absolute atomic E-state index is 6.06. The van der Waals surface area contributed by atoms with E-state index in [-0.39, 0.29) is 6.04 Å². The van der Waals surface area contributed by atoms with E-state index in [1.165, 1.54) is 5.56 Å². The van der Waals surface area contributed by atoms with Gasteiger partial charge in [-0.15, -0.1) is 0 Å². The van der Waals surface area contributed by atoms with Crippen molar-refractivity contribution >= 4 is 23.2 Å². The molecule has 0 bridgehead atoms. The molecule has 2 aromatic rings. The third kappa shape index (κ3) is 3.96. The SMILES string of the molecule is CCC(NCCc1cnc[nH]1)c1ccc(Cl)c(Cl)c1. The third-order valence-corrected chi connectivity index (χ3v) is 3.83. The zero-order valence-electron chi connectivity index (χ0n) is 10.8. The Bertz CT molecular complexity index is 511. The topological polar surface area (TPSA) is 40.7 Å². The lowest BCUT2D eigenvalue weighted by Gasteiger charge is -2.17. The lowest BCUT2D eigenvalue weighted by Crippen LogP contribution is -2.23. The summed E-state index contributed by atoms with van der Waals surface area (Å²) in [6, 6.07) is 6.09. The molecule has 1 aromatic carbocycles. The molecular formula is C14H17Cl2N3. The monoisotopic (exact) mass is 297 g/mol. The number of aromatic amines is 1. The van der Waals surface area contributed by atoms with Gasteiger partial charge in [0.1, 0.15) is 0 Å². The molecule has 1 aromatic heterocycles. The van der Waals surface area contributed by atoms with Crippen LogP contribution in [0.15, 0.2) is 30.7 Å². The van der Waals surface area contributed by atoms with Crippen LogP contribution in [0, 0.1) is 0 Å². The van der Waals surface area contributed by atoms with E-state index in [0.717, 1.165) is 25.1 Å². The minimum absolute atomic E-state index is 0.290. The average molecular weight is 298 g/mol. The average Bonchev–Trinajstić information content (AvgIpc) is 2.91. The number of nitrogens with one attached hydrogen (secondary N) is 2. The highest BCUT2D eigenvalue weighted by atomic mass is 35.5. The van der Waals surface area contributed by atoms with Crippen LogP contribution in [0.25, 0.3) is 0 Å². The fourth-order valence-corrected chi connectivity index (χ4v) is 2.34. The second kappa shape index (κ2) is 6.94. The Kier molecular flexibility index (Phi) is 5.25. The Labute approximate surface area is 123 Å². The molecule has 1 unspecified atom stereocenters. The standard InChI is InChI=1S/C14H17Cl2N3/c1-2-14(10-3-4-12(15)13(16)7-10)18-6-5-11-8-17-9-19-11/h3-4,7-9,14,18H,2,5-6H2,1H3,(H,17,19). The molecule has 102 valence electrons. The summed E-state index contributed by atoms with van der Waals surface area (Å²) < 4.78 is 0. The molecule has 0 saturated carbocycles. The molecule has 0 aliphatic carbocycles. The van der Waals surface area contributed by atoms with Crippen LogP contribution in [0.2, 0.25) is 10.0 Å². The van der Waals surface area contributed by atoms with Gasteiger partial charge in [0.2, 0.25) is 0 Å². The minimum Gasteiger partial charge on any atom is -0.348 e. The number of halogens is 2. The fourth-order valence-electron chi connectivity index (χ4n) is 2.03. The Balaban J connectivity index is 1.93. The first-order valence-electron chi connectivity index (χ1n) is 6.36. The van der Waals surface area contributed by atoms with Crippen molar-refractivity contribution in [3.8, 4) is 0 Å². The zero-order chi connectivity index (χ0) is 13.7. The lowest BCUT2D eigenvalue weighted by molar-refractivity contribution is 0.521. The number of benzene rings is 1. The van der Waals surface area contributed by atoms with Crippen LogP contribution < -0.4 is 5.32 Å². The molecule has 0 amide bonds. The summed E-state index contributed by atoms with van der Waals surface area (Å²) in [6.07, 6.45) is 5.48. The zero-order valence-corrected chi connectivity index (χ0v) is 12.3. The number of aromatic nitrogens is 2. The van der Waals surface area contributed by atoms with E-state index in [4.69, 9.17) is 23.2 Å². The van der Waals surface area contributed by atoms with Gasteiger partial charge in [0.25, 0.3) is 0 Å². The van der Waals surface area contributed by atoms with Crippen molar-refractivity contribution in [2.24, 2.45) is 0 Å². The second-order valence-corrected chi connectivity index (χ2v) is 5.23. The quantitative estimate of drug-likeness (QED) is 0.846. The predicted octanol–water partition coefficient (Wildman–Crippen LogP) is 4.00. The largest absolute Gasteiger partial charge is 0.348 e. The highest BCUT2D eigenvalue weighted by Crippen LogP contribution is 2.26. The van der Waals surface area contributed by atoms with Gasteiger partial charge in [-0.3, -0.25) is 0 Å². The molecule has 0 aliphatic heterocycles. The molecule has 1 heterocycles. The van der Waals surface area contributed by atoms with Crippen molar-refractivity contribution in [3.05, 3.63) is 52.0 Å². The van der Waals surface area contributed by atoms with Gasteiger partial charge in [0.05, 0.1) is 16.4 Å². The number of H-pyrrole nitrogens is 1. The summed E-state index contributed by atoms with van der Waals surface area (Å²) in [5.74, 6) is 0. The molecule has 3 nitrogen and oxygen atoms in total.